The van der Waals surface area contributed by atoms with E-state index in [1.807, 2.05) is 0 Å². The number of hydrogen-bond acceptors (Lipinski definition) is 2. The minimum Gasteiger partial charge on any atom is -0.359 e. The number of halogens is 1. The Balaban J connectivity index is 2.06. The van der Waals surface area contributed by atoms with Crippen molar-refractivity contribution in [1.29, 1.82) is 0 Å². The fourth-order valence-corrected chi connectivity index (χ4v) is 1.97. The lowest BCUT2D eigenvalue weighted by Crippen LogP contribution is -2.26. The molecule has 0 atom stereocenters. The Morgan fingerprint density at radius 2 is 1.71 bits per heavy atom. The number of unbranched alkanes of at least 4 members (excludes halogenated alkanes) is 2. The van der Waals surface area contributed by atoms with Gasteiger partial charge in [-0.2, -0.15) is 0 Å². The van der Waals surface area contributed by atoms with Crippen molar-refractivity contribution >= 4 is 15.9 Å². The van der Waals surface area contributed by atoms with Gasteiger partial charge in [-0.1, -0.05) is 29.3 Å². The summed E-state index contributed by atoms with van der Waals surface area (Å²) in [4.78, 5) is 4.80. The average molecular weight is 261 g/mol. The molecule has 1 aliphatic heterocycles. The molecule has 3 heteroatoms. The van der Waals surface area contributed by atoms with Gasteiger partial charge in [0.05, 0.1) is 6.67 Å². The molecular formula is C11H21BrN2. The van der Waals surface area contributed by atoms with Gasteiger partial charge in [-0.05, 0) is 19.3 Å². The van der Waals surface area contributed by atoms with Gasteiger partial charge in [-0.3, -0.25) is 0 Å². The average Bonchev–Trinajstić information content (AvgIpc) is 2.63. The van der Waals surface area contributed by atoms with Crippen molar-refractivity contribution in [1.82, 2.24) is 9.80 Å². The zero-order valence-corrected chi connectivity index (χ0v) is 10.7. The standard InChI is InChI=1S/C11H21BrN2/c1-2-3-7-13-9-10-14(11-13)8-5-4-6-12/h9-10H,2-8,11H2,1H3. The summed E-state index contributed by atoms with van der Waals surface area (Å²) in [5.74, 6) is 0. The van der Waals surface area contributed by atoms with E-state index < -0.39 is 0 Å². The predicted octanol–water partition coefficient (Wildman–Crippen LogP) is 3.01. The van der Waals surface area contributed by atoms with Crippen LogP contribution in [0.15, 0.2) is 12.4 Å². The van der Waals surface area contributed by atoms with Crippen LogP contribution in [0.3, 0.4) is 0 Å². The molecule has 14 heavy (non-hydrogen) atoms. The minimum atomic E-state index is 1.10. The lowest BCUT2D eigenvalue weighted by Gasteiger charge is -2.20. The summed E-state index contributed by atoms with van der Waals surface area (Å²) in [6.45, 7) is 5.75. The topological polar surface area (TPSA) is 6.48 Å². The van der Waals surface area contributed by atoms with E-state index in [0.29, 0.717) is 0 Å². The van der Waals surface area contributed by atoms with Crippen LogP contribution in [0.5, 0.6) is 0 Å². The lowest BCUT2D eigenvalue weighted by molar-refractivity contribution is 0.260. The minimum absolute atomic E-state index is 1.10. The molecule has 1 aliphatic rings. The molecule has 0 saturated heterocycles. The number of alkyl halides is 1. The van der Waals surface area contributed by atoms with E-state index in [-0.39, 0.29) is 0 Å². The third-order valence-electron chi connectivity index (χ3n) is 2.48. The third-order valence-corrected chi connectivity index (χ3v) is 3.04. The monoisotopic (exact) mass is 260 g/mol. The summed E-state index contributed by atoms with van der Waals surface area (Å²) < 4.78 is 0. The van der Waals surface area contributed by atoms with E-state index in [1.54, 1.807) is 0 Å². The molecule has 0 bridgehead atoms. The first-order valence-electron chi connectivity index (χ1n) is 5.59. The predicted molar refractivity (Wildman–Crippen MR) is 65.4 cm³/mol. The highest BCUT2D eigenvalue weighted by Crippen LogP contribution is 2.09. The first-order chi connectivity index (χ1) is 6.86. The van der Waals surface area contributed by atoms with E-state index >= 15 is 0 Å². The number of hydrogen-bond donors (Lipinski definition) is 0. The van der Waals surface area contributed by atoms with Gasteiger partial charge in [0.25, 0.3) is 0 Å². The maximum Gasteiger partial charge on any atom is 0.0893 e. The molecular weight excluding hydrogens is 240 g/mol. The molecule has 0 amide bonds. The molecule has 0 unspecified atom stereocenters. The molecule has 0 fully saturated rings. The van der Waals surface area contributed by atoms with Gasteiger partial charge < -0.3 is 9.80 Å². The van der Waals surface area contributed by atoms with Crippen LogP contribution in [-0.4, -0.2) is 34.9 Å². The highest BCUT2D eigenvalue weighted by atomic mass is 79.9. The maximum absolute atomic E-state index is 3.46. The van der Waals surface area contributed by atoms with E-state index in [9.17, 15) is 0 Å². The van der Waals surface area contributed by atoms with Gasteiger partial charge in [-0.15, -0.1) is 0 Å². The Morgan fingerprint density at radius 3 is 2.29 bits per heavy atom. The van der Waals surface area contributed by atoms with Crippen molar-refractivity contribution in [3.05, 3.63) is 12.4 Å². The molecule has 0 aromatic heterocycles. The van der Waals surface area contributed by atoms with E-state index in [1.165, 1.54) is 38.8 Å². The zero-order valence-electron chi connectivity index (χ0n) is 9.08. The molecule has 0 aromatic rings. The van der Waals surface area contributed by atoms with Gasteiger partial charge in [-0.25, -0.2) is 0 Å². The first-order valence-corrected chi connectivity index (χ1v) is 6.71. The van der Waals surface area contributed by atoms with Crippen LogP contribution in [-0.2, 0) is 0 Å². The quantitative estimate of drug-likeness (QED) is 0.513. The van der Waals surface area contributed by atoms with Gasteiger partial charge in [0.15, 0.2) is 0 Å². The van der Waals surface area contributed by atoms with Crippen molar-refractivity contribution in [3.63, 3.8) is 0 Å². The molecule has 0 N–H and O–H groups in total. The number of nitrogens with zero attached hydrogens (tertiary/aromatic N) is 2. The Bertz CT molecular complexity index is 171. The van der Waals surface area contributed by atoms with Crippen molar-refractivity contribution in [2.45, 2.75) is 32.6 Å². The van der Waals surface area contributed by atoms with Crippen LogP contribution in [0, 0.1) is 0 Å². The number of rotatable bonds is 7. The molecule has 0 radical (unpaired) electrons. The van der Waals surface area contributed by atoms with Crippen LogP contribution < -0.4 is 0 Å². The smallest absolute Gasteiger partial charge is 0.0893 e. The molecule has 2 nitrogen and oxygen atoms in total. The van der Waals surface area contributed by atoms with Crippen molar-refractivity contribution in [2.24, 2.45) is 0 Å². The molecule has 0 aromatic carbocycles. The Labute approximate surface area is 96.1 Å². The van der Waals surface area contributed by atoms with E-state index in [4.69, 9.17) is 0 Å². The molecule has 0 spiro atoms. The van der Waals surface area contributed by atoms with Crippen LogP contribution in [0.4, 0.5) is 0 Å². The van der Waals surface area contributed by atoms with Gasteiger partial charge in [0, 0.05) is 30.8 Å². The fraction of sp³-hybridized carbons (Fsp3) is 0.818. The normalized spacial score (nSPS) is 15.6. The Kier molecular flexibility index (Phi) is 6.08. The SMILES string of the molecule is CCCCN1C=CN(CCCCBr)C1. The summed E-state index contributed by atoms with van der Waals surface area (Å²) in [6, 6.07) is 0. The largest absolute Gasteiger partial charge is 0.359 e. The Hall–Kier alpha value is -0.180. The molecule has 82 valence electrons. The molecule has 0 saturated carbocycles. The van der Waals surface area contributed by atoms with Gasteiger partial charge in [0.1, 0.15) is 0 Å². The second-order valence-electron chi connectivity index (χ2n) is 3.81. The molecule has 1 rings (SSSR count). The van der Waals surface area contributed by atoms with Gasteiger partial charge >= 0.3 is 0 Å². The van der Waals surface area contributed by atoms with Crippen molar-refractivity contribution in [2.75, 3.05) is 25.1 Å². The highest BCUT2D eigenvalue weighted by Gasteiger charge is 2.10. The van der Waals surface area contributed by atoms with Crippen LogP contribution in [0.2, 0.25) is 0 Å². The summed E-state index contributed by atoms with van der Waals surface area (Å²) in [5, 5.41) is 1.13. The lowest BCUT2D eigenvalue weighted by atomic mass is 10.3. The highest BCUT2D eigenvalue weighted by molar-refractivity contribution is 9.09. The third kappa shape index (κ3) is 4.36. The van der Waals surface area contributed by atoms with Crippen molar-refractivity contribution in [3.8, 4) is 0 Å². The van der Waals surface area contributed by atoms with Crippen LogP contribution >= 0.6 is 15.9 Å². The summed E-state index contributed by atoms with van der Waals surface area (Å²) in [5.41, 5.74) is 0. The molecule has 1 heterocycles. The van der Waals surface area contributed by atoms with Gasteiger partial charge in [0.2, 0.25) is 0 Å². The van der Waals surface area contributed by atoms with Crippen LogP contribution in [0.1, 0.15) is 32.6 Å². The second-order valence-corrected chi connectivity index (χ2v) is 4.61. The summed E-state index contributed by atoms with van der Waals surface area (Å²) in [7, 11) is 0. The fourth-order valence-electron chi connectivity index (χ4n) is 1.58. The van der Waals surface area contributed by atoms with E-state index in [0.717, 1.165) is 12.0 Å². The maximum atomic E-state index is 3.46. The summed E-state index contributed by atoms with van der Waals surface area (Å²) >= 11 is 3.46. The Morgan fingerprint density at radius 1 is 1.07 bits per heavy atom. The molecule has 0 aliphatic carbocycles. The second kappa shape index (κ2) is 7.16. The zero-order chi connectivity index (χ0) is 10.2. The van der Waals surface area contributed by atoms with Crippen molar-refractivity contribution < 1.29 is 0 Å². The first kappa shape index (κ1) is 11.9. The van der Waals surface area contributed by atoms with Crippen LogP contribution in [0.25, 0.3) is 0 Å². The summed E-state index contributed by atoms with van der Waals surface area (Å²) in [6.07, 6.45) is 9.61. The van der Waals surface area contributed by atoms with E-state index in [2.05, 4.69) is 45.1 Å².